The van der Waals surface area contributed by atoms with Crippen molar-refractivity contribution in [3.8, 4) is 5.75 Å². The number of carbonyl (C=O) groups excluding carboxylic acids is 1. The summed E-state index contributed by atoms with van der Waals surface area (Å²) in [5.74, 6) is 0.195. The van der Waals surface area contributed by atoms with Crippen molar-refractivity contribution < 1.29 is 13.9 Å². The summed E-state index contributed by atoms with van der Waals surface area (Å²) in [6.07, 6.45) is 0. The summed E-state index contributed by atoms with van der Waals surface area (Å²) < 4.78 is 11.9. The molecule has 34 heavy (non-hydrogen) atoms. The molecule has 0 saturated carbocycles. The summed E-state index contributed by atoms with van der Waals surface area (Å²) in [6, 6.07) is 18.8. The lowest BCUT2D eigenvalue weighted by molar-refractivity contribution is 0.0982. The maximum absolute atomic E-state index is 13.8. The highest BCUT2D eigenvalue weighted by atomic mass is 32.1. The third-order valence-corrected chi connectivity index (χ3v) is 6.75. The molecule has 5 aromatic rings. The van der Waals surface area contributed by atoms with Crippen LogP contribution >= 0.6 is 11.3 Å². The van der Waals surface area contributed by atoms with Crippen LogP contribution in [0.2, 0.25) is 0 Å². The van der Waals surface area contributed by atoms with Gasteiger partial charge in [-0.25, -0.2) is 9.78 Å². The Morgan fingerprint density at radius 2 is 1.85 bits per heavy atom. The van der Waals surface area contributed by atoms with Crippen LogP contribution in [-0.2, 0) is 0 Å². The lowest BCUT2D eigenvalue weighted by atomic mass is 10.0. The predicted octanol–water partition coefficient (Wildman–Crippen LogP) is 4.77. The fraction of sp³-hybridized carbons (Fsp3) is 0.192. The average molecular weight is 474 g/mol. The number of ether oxygens (including phenoxy) is 1. The predicted molar refractivity (Wildman–Crippen MR) is 136 cm³/mol. The molecule has 0 fully saturated rings. The van der Waals surface area contributed by atoms with Crippen LogP contribution in [-0.4, -0.2) is 50.1 Å². The minimum absolute atomic E-state index is 0.0196. The summed E-state index contributed by atoms with van der Waals surface area (Å²) >= 11 is 1.38. The van der Waals surface area contributed by atoms with Gasteiger partial charge in [0.05, 0.1) is 11.8 Å². The van der Waals surface area contributed by atoms with Crippen molar-refractivity contribution >= 4 is 54.3 Å². The molecule has 0 aliphatic rings. The normalized spacial score (nSPS) is 11.5. The lowest BCUT2D eigenvalue weighted by Gasteiger charge is -2.21. The molecule has 0 atom stereocenters. The molecule has 0 saturated heterocycles. The van der Waals surface area contributed by atoms with Crippen molar-refractivity contribution in [1.82, 2.24) is 9.88 Å². The monoisotopic (exact) mass is 473 g/mol. The molecule has 0 N–H and O–H groups in total. The Labute approximate surface area is 199 Å². The van der Waals surface area contributed by atoms with Gasteiger partial charge in [0.15, 0.2) is 5.13 Å². The van der Waals surface area contributed by atoms with Crippen molar-refractivity contribution in [2.75, 3.05) is 39.2 Å². The maximum atomic E-state index is 13.8. The quantitative estimate of drug-likeness (QED) is 0.261. The van der Waals surface area contributed by atoms with Crippen LogP contribution in [0, 0.1) is 0 Å². The van der Waals surface area contributed by atoms with E-state index in [2.05, 4.69) is 0 Å². The molecule has 0 unspecified atom stereocenters. The van der Waals surface area contributed by atoms with Crippen molar-refractivity contribution in [2.45, 2.75) is 0 Å². The topological polar surface area (TPSA) is 75.9 Å². The van der Waals surface area contributed by atoms with E-state index in [9.17, 15) is 9.59 Å². The number of fused-ring (bicyclic) bond motifs is 4. The van der Waals surface area contributed by atoms with Crippen molar-refractivity contribution in [3.63, 3.8) is 0 Å². The van der Waals surface area contributed by atoms with E-state index < -0.39 is 11.5 Å². The number of hydrogen-bond acceptors (Lipinski definition) is 7. The van der Waals surface area contributed by atoms with Crippen LogP contribution in [0.5, 0.6) is 5.75 Å². The molecular weight excluding hydrogens is 450 g/mol. The second-order valence-corrected chi connectivity index (χ2v) is 9.22. The zero-order valence-corrected chi connectivity index (χ0v) is 19.9. The van der Waals surface area contributed by atoms with E-state index in [0.29, 0.717) is 35.1 Å². The highest BCUT2D eigenvalue weighted by Gasteiger charge is 2.26. The Bertz CT molecular complexity index is 1590. The molecule has 2 aromatic heterocycles. The molecule has 5 rings (SSSR count). The number of para-hydroxylation sites is 1. The van der Waals surface area contributed by atoms with Gasteiger partial charge in [-0.3, -0.25) is 9.69 Å². The number of aromatic nitrogens is 1. The molecule has 0 radical (unpaired) electrons. The van der Waals surface area contributed by atoms with Crippen molar-refractivity contribution in [1.29, 1.82) is 0 Å². The van der Waals surface area contributed by atoms with Crippen LogP contribution in [0.4, 0.5) is 5.13 Å². The smallest absolute Gasteiger partial charge is 0.349 e. The number of rotatable bonds is 6. The number of amides is 1. The van der Waals surface area contributed by atoms with Crippen LogP contribution in [0.25, 0.3) is 32.0 Å². The third-order valence-electron chi connectivity index (χ3n) is 5.71. The van der Waals surface area contributed by atoms with Crippen LogP contribution in [0.3, 0.4) is 0 Å². The van der Waals surface area contributed by atoms with E-state index in [4.69, 9.17) is 14.1 Å². The first-order valence-corrected chi connectivity index (χ1v) is 11.6. The van der Waals surface area contributed by atoms with Gasteiger partial charge in [-0.2, -0.15) is 0 Å². The Morgan fingerprint density at radius 1 is 1.03 bits per heavy atom. The van der Waals surface area contributed by atoms with Crippen molar-refractivity contribution in [3.05, 3.63) is 76.6 Å². The molecule has 0 spiro atoms. The third kappa shape index (κ3) is 3.91. The molecule has 0 aliphatic carbocycles. The number of hydrogen-bond donors (Lipinski definition) is 0. The maximum Gasteiger partial charge on any atom is 0.349 e. The van der Waals surface area contributed by atoms with Crippen LogP contribution < -0.4 is 15.3 Å². The van der Waals surface area contributed by atoms with Gasteiger partial charge in [-0.05, 0) is 49.1 Å². The molecule has 3 aromatic carbocycles. The standard InChI is InChI=1S/C26H23N3O4S/c1-28(2)13-14-29(26-27-23-21(32-3)9-6-10-22(23)34-26)24(30)19-15-18-17-8-5-4-7-16(17)11-12-20(18)33-25(19)31/h4-12,15H,13-14H2,1-3H3. The first kappa shape index (κ1) is 22.1. The summed E-state index contributed by atoms with van der Waals surface area (Å²) in [4.78, 5) is 34.9. The minimum Gasteiger partial charge on any atom is -0.494 e. The van der Waals surface area contributed by atoms with Gasteiger partial charge in [0, 0.05) is 18.5 Å². The van der Waals surface area contributed by atoms with Crippen LogP contribution in [0.15, 0.2) is 69.9 Å². The van der Waals surface area contributed by atoms with E-state index in [1.54, 1.807) is 24.1 Å². The Hall–Kier alpha value is -3.75. The second-order valence-electron chi connectivity index (χ2n) is 8.21. The zero-order valence-electron chi connectivity index (χ0n) is 19.1. The molecule has 1 amide bonds. The minimum atomic E-state index is -0.665. The first-order chi connectivity index (χ1) is 16.5. The molecule has 0 bridgehead atoms. The van der Waals surface area contributed by atoms with E-state index >= 15 is 0 Å². The first-order valence-electron chi connectivity index (χ1n) is 10.8. The van der Waals surface area contributed by atoms with Gasteiger partial charge >= 0.3 is 5.63 Å². The lowest BCUT2D eigenvalue weighted by Crippen LogP contribution is -2.38. The van der Waals surface area contributed by atoms with Crippen LogP contribution in [0.1, 0.15) is 10.4 Å². The molecule has 172 valence electrons. The van der Waals surface area contributed by atoms with Gasteiger partial charge < -0.3 is 14.1 Å². The molecular formula is C26H23N3O4S. The van der Waals surface area contributed by atoms with Gasteiger partial charge in [0.2, 0.25) is 0 Å². The largest absolute Gasteiger partial charge is 0.494 e. The Kier molecular flexibility index (Phi) is 5.77. The van der Waals surface area contributed by atoms with E-state index in [1.807, 2.05) is 67.5 Å². The highest BCUT2D eigenvalue weighted by molar-refractivity contribution is 7.22. The molecule has 0 aliphatic heterocycles. The number of carbonyl (C=O) groups is 1. The average Bonchev–Trinajstić information content (AvgIpc) is 3.27. The highest BCUT2D eigenvalue weighted by Crippen LogP contribution is 2.34. The summed E-state index contributed by atoms with van der Waals surface area (Å²) in [5.41, 5.74) is 0.448. The number of thiazole rings is 1. The fourth-order valence-electron chi connectivity index (χ4n) is 3.94. The number of benzene rings is 3. The summed E-state index contributed by atoms with van der Waals surface area (Å²) in [7, 11) is 5.45. The van der Waals surface area contributed by atoms with E-state index in [1.165, 1.54) is 11.3 Å². The van der Waals surface area contributed by atoms with Gasteiger partial charge in [-0.15, -0.1) is 0 Å². The molecule has 7 nitrogen and oxygen atoms in total. The van der Waals surface area contributed by atoms with Gasteiger partial charge in [-0.1, -0.05) is 47.7 Å². The number of likely N-dealkylation sites (N-methyl/N-ethyl adjacent to an activating group) is 1. The Morgan fingerprint density at radius 3 is 2.65 bits per heavy atom. The van der Waals surface area contributed by atoms with E-state index in [-0.39, 0.29) is 5.56 Å². The number of anilines is 1. The van der Waals surface area contributed by atoms with Gasteiger partial charge in [0.1, 0.15) is 22.4 Å². The second kappa shape index (κ2) is 8.89. The van der Waals surface area contributed by atoms with E-state index in [0.717, 1.165) is 20.9 Å². The Balaban J connectivity index is 1.65. The fourth-order valence-corrected chi connectivity index (χ4v) is 4.95. The number of methoxy groups -OCH3 is 1. The zero-order chi connectivity index (χ0) is 23.8. The molecule has 2 heterocycles. The number of nitrogens with zero attached hydrogens (tertiary/aromatic N) is 3. The SMILES string of the molecule is COc1cccc2sc(N(CCN(C)C)C(=O)c3cc4c(ccc5ccccc54)oc3=O)nc12. The van der Waals surface area contributed by atoms with Crippen molar-refractivity contribution in [2.24, 2.45) is 0 Å². The van der Waals surface area contributed by atoms with Gasteiger partial charge in [0.25, 0.3) is 5.91 Å². The summed E-state index contributed by atoms with van der Waals surface area (Å²) in [5, 5.41) is 3.15. The summed E-state index contributed by atoms with van der Waals surface area (Å²) in [6.45, 7) is 0.960. The molecule has 8 heteroatoms.